The quantitative estimate of drug-likeness (QED) is 0.921. The van der Waals surface area contributed by atoms with Crippen LogP contribution < -0.4 is 10.1 Å². The van der Waals surface area contributed by atoms with Crippen molar-refractivity contribution >= 4 is 15.9 Å². The molecule has 0 aliphatic carbocycles. The summed E-state index contributed by atoms with van der Waals surface area (Å²) in [5, 5.41) is 3.14. The van der Waals surface area contributed by atoms with Crippen molar-refractivity contribution in [3.8, 4) is 5.75 Å². The maximum absolute atomic E-state index is 14.1. The molecule has 0 aromatic heterocycles. The molecule has 0 aliphatic rings. The van der Waals surface area contributed by atoms with Gasteiger partial charge in [-0.3, -0.25) is 0 Å². The summed E-state index contributed by atoms with van der Waals surface area (Å²) in [5.74, 6) is 0.240. The molecule has 19 heavy (non-hydrogen) atoms. The van der Waals surface area contributed by atoms with E-state index in [1.807, 2.05) is 31.3 Å². The Balaban J connectivity index is 2.42. The van der Waals surface area contributed by atoms with Crippen LogP contribution in [0.4, 0.5) is 4.39 Å². The Morgan fingerprint density at radius 3 is 2.58 bits per heavy atom. The highest BCUT2D eigenvalue weighted by molar-refractivity contribution is 9.10. The van der Waals surface area contributed by atoms with Gasteiger partial charge in [-0.1, -0.05) is 34.1 Å². The SMILES string of the molecule is CNC(c1cccc(Br)c1)c1ccc(OC)cc1F. The zero-order valence-electron chi connectivity index (χ0n) is 10.8. The number of methoxy groups -OCH3 is 1. The normalized spacial score (nSPS) is 12.2. The van der Waals surface area contributed by atoms with E-state index in [0.29, 0.717) is 11.3 Å². The van der Waals surface area contributed by atoms with Crippen LogP contribution in [0.25, 0.3) is 0 Å². The van der Waals surface area contributed by atoms with Crippen LogP contribution in [0.5, 0.6) is 5.75 Å². The second kappa shape index (κ2) is 6.17. The number of nitrogens with one attached hydrogen (secondary N) is 1. The first-order valence-corrected chi connectivity index (χ1v) is 6.71. The van der Waals surface area contributed by atoms with Gasteiger partial charge in [0.05, 0.1) is 13.2 Å². The van der Waals surface area contributed by atoms with Crippen LogP contribution in [0, 0.1) is 5.82 Å². The van der Waals surface area contributed by atoms with Crippen LogP contribution in [-0.4, -0.2) is 14.2 Å². The predicted octanol–water partition coefficient (Wildman–Crippen LogP) is 3.91. The first-order valence-electron chi connectivity index (χ1n) is 5.92. The molecule has 4 heteroatoms. The summed E-state index contributed by atoms with van der Waals surface area (Å²) in [4.78, 5) is 0. The molecule has 2 nitrogen and oxygen atoms in total. The van der Waals surface area contributed by atoms with Crippen molar-refractivity contribution in [1.29, 1.82) is 0 Å². The van der Waals surface area contributed by atoms with Gasteiger partial charge in [-0.05, 0) is 30.8 Å². The Bertz CT molecular complexity index is 574. The smallest absolute Gasteiger partial charge is 0.132 e. The minimum atomic E-state index is -0.279. The molecule has 0 saturated carbocycles. The molecule has 100 valence electrons. The van der Waals surface area contributed by atoms with Crippen molar-refractivity contribution in [1.82, 2.24) is 5.32 Å². The van der Waals surface area contributed by atoms with Gasteiger partial charge in [0.25, 0.3) is 0 Å². The molecule has 0 bridgehead atoms. The molecule has 0 saturated heterocycles. The van der Waals surface area contributed by atoms with E-state index >= 15 is 0 Å². The molecule has 1 atom stereocenters. The Hall–Kier alpha value is -1.39. The highest BCUT2D eigenvalue weighted by atomic mass is 79.9. The Morgan fingerprint density at radius 2 is 2.00 bits per heavy atom. The van der Waals surface area contributed by atoms with E-state index in [0.717, 1.165) is 10.0 Å². The van der Waals surface area contributed by atoms with Crippen molar-refractivity contribution in [2.24, 2.45) is 0 Å². The average molecular weight is 324 g/mol. The van der Waals surface area contributed by atoms with Crippen molar-refractivity contribution in [3.63, 3.8) is 0 Å². The summed E-state index contributed by atoms with van der Waals surface area (Å²) in [6, 6.07) is 12.5. The van der Waals surface area contributed by atoms with Gasteiger partial charge < -0.3 is 10.1 Å². The Morgan fingerprint density at radius 1 is 1.21 bits per heavy atom. The lowest BCUT2D eigenvalue weighted by Gasteiger charge is -2.18. The number of benzene rings is 2. The molecular weight excluding hydrogens is 309 g/mol. The lowest BCUT2D eigenvalue weighted by atomic mass is 9.98. The highest BCUT2D eigenvalue weighted by Crippen LogP contribution is 2.28. The lowest BCUT2D eigenvalue weighted by Crippen LogP contribution is -2.19. The van der Waals surface area contributed by atoms with E-state index in [4.69, 9.17) is 4.74 Å². The van der Waals surface area contributed by atoms with Gasteiger partial charge in [0.1, 0.15) is 11.6 Å². The average Bonchev–Trinajstić information content (AvgIpc) is 2.41. The summed E-state index contributed by atoms with van der Waals surface area (Å²) >= 11 is 3.43. The molecule has 0 spiro atoms. The van der Waals surface area contributed by atoms with Crippen LogP contribution in [0.1, 0.15) is 17.2 Å². The number of rotatable bonds is 4. The zero-order chi connectivity index (χ0) is 13.8. The molecule has 1 N–H and O–H groups in total. The van der Waals surface area contributed by atoms with Crippen molar-refractivity contribution in [2.75, 3.05) is 14.2 Å². The first-order chi connectivity index (χ1) is 9.15. The summed E-state index contributed by atoms with van der Waals surface area (Å²) < 4.78 is 20.1. The van der Waals surface area contributed by atoms with E-state index < -0.39 is 0 Å². The van der Waals surface area contributed by atoms with E-state index in [1.54, 1.807) is 12.1 Å². The van der Waals surface area contributed by atoms with Crippen molar-refractivity contribution in [3.05, 3.63) is 63.9 Å². The first kappa shape index (κ1) is 14.0. The second-order valence-corrected chi connectivity index (χ2v) is 5.08. The lowest BCUT2D eigenvalue weighted by molar-refractivity contribution is 0.410. The molecule has 2 aromatic rings. The van der Waals surface area contributed by atoms with Gasteiger partial charge in [-0.2, -0.15) is 0 Å². The maximum atomic E-state index is 14.1. The Kier molecular flexibility index (Phi) is 4.56. The van der Waals surface area contributed by atoms with E-state index in [1.165, 1.54) is 13.2 Å². The summed E-state index contributed by atoms with van der Waals surface area (Å²) in [6.07, 6.45) is 0. The minimum absolute atomic E-state index is 0.191. The van der Waals surface area contributed by atoms with Crippen LogP contribution in [0.2, 0.25) is 0 Å². The van der Waals surface area contributed by atoms with Crippen molar-refractivity contribution in [2.45, 2.75) is 6.04 Å². The van der Waals surface area contributed by atoms with Crippen molar-refractivity contribution < 1.29 is 9.13 Å². The maximum Gasteiger partial charge on any atom is 0.132 e. The van der Waals surface area contributed by atoms with E-state index in [2.05, 4.69) is 21.2 Å². The predicted molar refractivity (Wildman–Crippen MR) is 78.0 cm³/mol. The topological polar surface area (TPSA) is 21.3 Å². The fourth-order valence-corrected chi connectivity index (χ4v) is 2.47. The Labute approximate surface area is 120 Å². The van der Waals surface area contributed by atoms with Gasteiger partial charge in [0, 0.05) is 16.1 Å². The number of halogens is 2. The molecule has 0 heterocycles. The van der Waals surface area contributed by atoms with Gasteiger partial charge in [0.2, 0.25) is 0 Å². The third-order valence-corrected chi connectivity index (χ3v) is 3.48. The molecule has 0 radical (unpaired) electrons. The van der Waals surface area contributed by atoms with Gasteiger partial charge in [-0.15, -0.1) is 0 Å². The molecular formula is C15H15BrFNO. The minimum Gasteiger partial charge on any atom is -0.497 e. The third-order valence-electron chi connectivity index (χ3n) is 2.99. The summed E-state index contributed by atoms with van der Waals surface area (Å²) in [7, 11) is 3.34. The van der Waals surface area contributed by atoms with Crippen LogP contribution >= 0.6 is 15.9 Å². The summed E-state index contributed by atoms with van der Waals surface area (Å²) in [5.41, 5.74) is 1.60. The largest absolute Gasteiger partial charge is 0.497 e. The van der Waals surface area contributed by atoms with Gasteiger partial charge in [0.15, 0.2) is 0 Å². The zero-order valence-corrected chi connectivity index (χ0v) is 12.4. The molecule has 0 fully saturated rings. The molecule has 0 amide bonds. The fourth-order valence-electron chi connectivity index (χ4n) is 2.06. The summed E-state index contributed by atoms with van der Waals surface area (Å²) in [6.45, 7) is 0. The fraction of sp³-hybridized carbons (Fsp3) is 0.200. The third kappa shape index (κ3) is 3.14. The second-order valence-electron chi connectivity index (χ2n) is 4.16. The number of hydrogen-bond acceptors (Lipinski definition) is 2. The van der Waals surface area contributed by atoms with E-state index in [-0.39, 0.29) is 11.9 Å². The number of ether oxygens (including phenoxy) is 1. The van der Waals surface area contributed by atoms with Gasteiger partial charge in [-0.25, -0.2) is 4.39 Å². The van der Waals surface area contributed by atoms with E-state index in [9.17, 15) is 4.39 Å². The van der Waals surface area contributed by atoms with Crippen LogP contribution in [0.3, 0.4) is 0 Å². The van der Waals surface area contributed by atoms with Crippen LogP contribution in [0.15, 0.2) is 46.9 Å². The molecule has 2 rings (SSSR count). The van der Waals surface area contributed by atoms with Crippen LogP contribution in [-0.2, 0) is 0 Å². The monoisotopic (exact) mass is 323 g/mol. The molecule has 0 aliphatic heterocycles. The standard InChI is InChI=1S/C15H15BrFNO/c1-18-15(10-4-3-5-11(16)8-10)13-7-6-12(19-2)9-14(13)17/h3-9,15,18H,1-2H3. The van der Waals surface area contributed by atoms with Gasteiger partial charge >= 0.3 is 0 Å². The number of hydrogen-bond donors (Lipinski definition) is 1. The molecule has 1 unspecified atom stereocenters. The molecule has 2 aromatic carbocycles. The highest BCUT2D eigenvalue weighted by Gasteiger charge is 2.16.